The van der Waals surface area contributed by atoms with E-state index < -0.39 is 0 Å². The molecule has 3 radical (unpaired) electrons. The fourth-order valence-corrected chi connectivity index (χ4v) is 5.65. The van der Waals surface area contributed by atoms with E-state index in [0.29, 0.717) is 34.8 Å². The number of aliphatic hydroxyl groups is 1. The molecule has 1 N–H and O–H groups in total. The molecular formula is C42H48CuN2O2. The second-order valence-electron chi connectivity index (χ2n) is 13.0. The quantitative estimate of drug-likeness (QED) is 0.0830. The molecule has 1 heterocycles. The van der Waals surface area contributed by atoms with Gasteiger partial charge in [0.15, 0.2) is 5.78 Å². The Labute approximate surface area is 293 Å². The summed E-state index contributed by atoms with van der Waals surface area (Å²) in [5, 5.41) is 9.79. The SMILES string of the molecule is CC(C)c1cccc(C(C)C)c1N1[C]N(c2c(C(C)C)cccc2C(C)C)C=C1.O=C(/C=C(\O)c1ccccc1)c1ccccc1.[Cu]. The van der Waals surface area contributed by atoms with Crippen molar-refractivity contribution in [2.45, 2.75) is 79.1 Å². The van der Waals surface area contributed by atoms with Crippen molar-refractivity contribution < 1.29 is 27.0 Å². The fraction of sp³-hybridized carbons (Fsp3) is 0.286. The number of carbonyl (C=O) groups is 1. The zero-order chi connectivity index (χ0) is 33.4. The Morgan fingerprint density at radius 1 is 0.553 bits per heavy atom. The summed E-state index contributed by atoms with van der Waals surface area (Å²) in [6, 6.07) is 31.3. The summed E-state index contributed by atoms with van der Waals surface area (Å²) in [4.78, 5) is 16.2. The molecular weight excluding hydrogens is 628 g/mol. The predicted octanol–water partition coefficient (Wildman–Crippen LogP) is 11.4. The van der Waals surface area contributed by atoms with Gasteiger partial charge in [-0.25, -0.2) is 0 Å². The first-order valence-electron chi connectivity index (χ1n) is 16.3. The van der Waals surface area contributed by atoms with Crippen LogP contribution in [0.4, 0.5) is 11.4 Å². The van der Waals surface area contributed by atoms with Crippen LogP contribution in [0.25, 0.3) is 5.76 Å². The van der Waals surface area contributed by atoms with E-state index >= 15 is 0 Å². The van der Waals surface area contributed by atoms with Gasteiger partial charge in [-0.1, -0.05) is 152 Å². The maximum absolute atomic E-state index is 11.8. The Morgan fingerprint density at radius 3 is 1.23 bits per heavy atom. The van der Waals surface area contributed by atoms with Crippen molar-refractivity contribution in [1.82, 2.24) is 0 Å². The van der Waals surface area contributed by atoms with Gasteiger partial charge in [0.2, 0.25) is 6.67 Å². The van der Waals surface area contributed by atoms with Crippen LogP contribution in [0.2, 0.25) is 0 Å². The topological polar surface area (TPSA) is 43.8 Å². The van der Waals surface area contributed by atoms with Gasteiger partial charge in [-0.3, -0.25) is 4.79 Å². The van der Waals surface area contributed by atoms with Gasteiger partial charge >= 0.3 is 0 Å². The Kier molecular flexibility index (Phi) is 13.7. The normalized spacial score (nSPS) is 12.9. The monoisotopic (exact) mass is 675 g/mol. The van der Waals surface area contributed by atoms with E-state index in [0.717, 1.165) is 0 Å². The average Bonchev–Trinajstić information content (AvgIpc) is 3.54. The summed E-state index contributed by atoms with van der Waals surface area (Å²) in [5.41, 5.74) is 9.25. The number of hydrogen-bond donors (Lipinski definition) is 1. The van der Waals surface area contributed by atoms with E-state index in [1.165, 1.54) is 39.7 Å². The maximum atomic E-state index is 11.8. The van der Waals surface area contributed by atoms with Crippen LogP contribution < -0.4 is 9.80 Å². The number of para-hydroxylation sites is 2. The number of ketones is 1. The van der Waals surface area contributed by atoms with Gasteiger partial charge in [0.05, 0.1) is 11.4 Å². The first kappa shape index (κ1) is 37.4. The second-order valence-corrected chi connectivity index (χ2v) is 13.0. The van der Waals surface area contributed by atoms with Gasteiger partial charge in [0.25, 0.3) is 0 Å². The Bertz CT molecular complexity index is 1530. The first-order chi connectivity index (χ1) is 22.0. The summed E-state index contributed by atoms with van der Waals surface area (Å²) in [7, 11) is 0. The van der Waals surface area contributed by atoms with E-state index in [4.69, 9.17) is 0 Å². The Morgan fingerprint density at radius 2 is 0.894 bits per heavy atom. The minimum absolute atomic E-state index is 0. The van der Waals surface area contributed by atoms with Crippen molar-refractivity contribution >= 4 is 22.9 Å². The molecule has 4 aromatic carbocycles. The summed E-state index contributed by atoms with van der Waals surface area (Å²) >= 11 is 0. The zero-order valence-electron chi connectivity index (χ0n) is 28.8. The molecule has 5 heteroatoms. The molecule has 4 nitrogen and oxygen atoms in total. The molecule has 4 aromatic rings. The van der Waals surface area contributed by atoms with Crippen LogP contribution in [0.1, 0.15) is 117 Å². The summed E-state index contributed by atoms with van der Waals surface area (Å²) in [6.07, 6.45) is 5.56. The first-order valence-corrected chi connectivity index (χ1v) is 16.3. The molecule has 0 atom stereocenters. The van der Waals surface area contributed by atoms with Gasteiger partial charge < -0.3 is 14.9 Å². The minimum atomic E-state index is -0.202. The summed E-state index contributed by atoms with van der Waals surface area (Å²) < 4.78 is 0. The summed E-state index contributed by atoms with van der Waals surface area (Å²) in [5.74, 6) is 1.62. The number of anilines is 2. The van der Waals surface area contributed by atoms with Crippen LogP contribution in [-0.4, -0.2) is 10.9 Å². The molecule has 5 rings (SSSR count). The van der Waals surface area contributed by atoms with Crippen LogP contribution in [0.5, 0.6) is 0 Å². The molecule has 47 heavy (non-hydrogen) atoms. The molecule has 1 aliphatic heterocycles. The van der Waals surface area contributed by atoms with Crippen molar-refractivity contribution in [3.8, 4) is 0 Å². The maximum Gasteiger partial charge on any atom is 0.217 e. The Balaban J connectivity index is 0.000000284. The van der Waals surface area contributed by atoms with Gasteiger partial charge in [-0.2, -0.15) is 0 Å². The molecule has 249 valence electrons. The van der Waals surface area contributed by atoms with Crippen molar-refractivity contribution in [1.29, 1.82) is 0 Å². The van der Waals surface area contributed by atoms with Crippen LogP contribution in [0, 0.1) is 6.67 Å². The molecule has 0 saturated carbocycles. The molecule has 0 unspecified atom stereocenters. The number of rotatable bonds is 9. The average molecular weight is 676 g/mol. The number of nitrogens with zero attached hydrogens (tertiary/aromatic N) is 2. The number of benzene rings is 4. The molecule has 0 saturated heterocycles. The Hall–Kier alpha value is -4.05. The van der Waals surface area contributed by atoms with E-state index in [2.05, 4.69) is 121 Å². The third-order valence-electron chi connectivity index (χ3n) is 8.14. The molecule has 0 spiro atoms. The van der Waals surface area contributed by atoms with Gasteiger partial charge in [-0.05, 0) is 45.9 Å². The number of allylic oxidation sites excluding steroid dienone is 1. The minimum Gasteiger partial charge on any atom is -0.507 e. The zero-order valence-corrected chi connectivity index (χ0v) is 29.8. The molecule has 0 bridgehead atoms. The van der Waals surface area contributed by atoms with E-state index in [1.807, 2.05) is 24.3 Å². The predicted molar refractivity (Wildman–Crippen MR) is 194 cm³/mol. The molecule has 0 aliphatic carbocycles. The van der Waals surface area contributed by atoms with E-state index in [1.54, 1.807) is 36.4 Å². The van der Waals surface area contributed by atoms with Crippen molar-refractivity contribution in [2.24, 2.45) is 0 Å². The van der Waals surface area contributed by atoms with Crippen LogP contribution in [-0.2, 0) is 17.1 Å². The smallest absolute Gasteiger partial charge is 0.217 e. The molecule has 1 aliphatic rings. The molecule has 0 fully saturated rings. The number of carbonyl (C=O) groups excluding carboxylic acids is 1. The summed E-state index contributed by atoms with van der Waals surface area (Å²) in [6.45, 7) is 21.8. The van der Waals surface area contributed by atoms with E-state index in [-0.39, 0.29) is 28.6 Å². The number of aliphatic hydroxyl groups excluding tert-OH is 1. The standard InChI is InChI=1S/C27H36N2.C15H12O2.Cu/c1-18(2)22-11-9-12-23(19(3)4)26(22)28-15-16-29(17-28)27-24(20(5)6)13-10-14-25(27)21(7)8;16-14(12-7-3-1-4-8-12)11-15(17)13-9-5-2-6-10-13;/h9-16,18-21H,1-8H3;1-11,16H;/b;14-11-;. The van der Waals surface area contributed by atoms with Crippen LogP contribution >= 0.6 is 0 Å². The van der Waals surface area contributed by atoms with Gasteiger partial charge in [-0.15, -0.1) is 0 Å². The van der Waals surface area contributed by atoms with Gasteiger partial charge in [0.1, 0.15) is 5.76 Å². The van der Waals surface area contributed by atoms with Crippen LogP contribution in [0.3, 0.4) is 0 Å². The fourth-order valence-electron chi connectivity index (χ4n) is 5.65. The third-order valence-corrected chi connectivity index (χ3v) is 8.14. The van der Waals surface area contributed by atoms with Crippen molar-refractivity contribution in [3.05, 3.63) is 156 Å². The second kappa shape index (κ2) is 17.2. The number of hydrogen-bond acceptors (Lipinski definition) is 4. The van der Waals surface area contributed by atoms with Crippen molar-refractivity contribution in [3.63, 3.8) is 0 Å². The largest absolute Gasteiger partial charge is 0.507 e. The van der Waals surface area contributed by atoms with Gasteiger partial charge in [0, 0.05) is 46.7 Å². The molecule has 0 aromatic heterocycles. The molecule has 0 amide bonds. The van der Waals surface area contributed by atoms with Crippen molar-refractivity contribution in [2.75, 3.05) is 9.80 Å². The van der Waals surface area contributed by atoms with Crippen LogP contribution in [0.15, 0.2) is 116 Å². The third kappa shape index (κ3) is 9.28. The van der Waals surface area contributed by atoms with E-state index in [9.17, 15) is 9.90 Å².